The van der Waals surface area contributed by atoms with Crippen molar-refractivity contribution in [3.63, 3.8) is 0 Å². The Hall–Kier alpha value is -1.24. The van der Waals surface area contributed by atoms with E-state index in [1.165, 1.54) is 50.9 Å². The van der Waals surface area contributed by atoms with Crippen LogP contribution in [0.4, 0.5) is 0 Å². The highest BCUT2D eigenvalue weighted by Gasteiger charge is 2.21. The lowest BCUT2D eigenvalue weighted by Gasteiger charge is -2.23. The first-order valence-corrected chi connectivity index (χ1v) is 14.2. The van der Waals surface area contributed by atoms with Crippen molar-refractivity contribution in [3.05, 3.63) is 36.6 Å². The van der Waals surface area contributed by atoms with E-state index in [0.29, 0.717) is 17.4 Å². The van der Waals surface area contributed by atoms with Gasteiger partial charge in [0.1, 0.15) is 13.2 Å². The van der Waals surface area contributed by atoms with Crippen LogP contribution in [-0.2, 0) is 23.1 Å². The lowest BCUT2D eigenvalue weighted by atomic mass is 10.1. The van der Waals surface area contributed by atoms with Crippen LogP contribution in [0.3, 0.4) is 0 Å². The maximum absolute atomic E-state index is 11.7. The quantitative estimate of drug-likeness (QED) is 0.0443. The van der Waals surface area contributed by atoms with Crippen molar-refractivity contribution >= 4 is 13.8 Å². The minimum atomic E-state index is -4.10. The van der Waals surface area contributed by atoms with Crippen molar-refractivity contribution in [1.82, 2.24) is 0 Å². The molecule has 0 aromatic heterocycles. The second-order valence-electron chi connectivity index (χ2n) is 9.45. The van der Waals surface area contributed by atoms with Gasteiger partial charge in [-0.1, -0.05) is 63.3 Å². The molecule has 0 fully saturated rings. The number of carbonyl (C=O) groups excluding carboxylic acids is 1. The molecular weight excluding hydrogens is 453 g/mol. The molecule has 1 unspecified atom stereocenters. The van der Waals surface area contributed by atoms with Gasteiger partial charge in [0.05, 0.1) is 34.0 Å². The second kappa shape index (κ2) is 21.1. The van der Waals surface area contributed by atoms with E-state index >= 15 is 0 Å². The molecule has 0 bridgehead atoms. The Bertz CT molecular complexity index is 640. The molecule has 198 valence electrons. The van der Waals surface area contributed by atoms with E-state index < -0.39 is 7.82 Å². The van der Waals surface area contributed by atoms with Gasteiger partial charge in [-0.05, 0) is 44.6 Å². The predicted octanol–water partition coefficient (Wildman–Crippen LogP) is 6.70. The highest BCUT2D eigenvalue weighted by atomic mass is 31.2. The Morgan fingerprint density at radius 3 is 2.12 bits per heavy atom. The molecule has 8 heteroatoms. The van der Waals surface area contributed by atoms with Crippen molar-refractivity contribution in [2.75, 3.05) is 40.9 Å². The van der Waals surface area contributed by atoms with Gasteiger partial charge < -0.3 is 14.1 Å². The number of rotatable bonds is 22. The van der Waals surface area contributed by atoms with Crippen molar-refractivity contribution < 1.29 is 32.5 Å². The van der Waals surface area contributed by atoms with Gasteiger partial charge in [-0.25, -0.2) is 4.57 Å². The molecule has 1 atom stereocenters. The largest absolute Gasteiger partial charge is 0.472 e. The Morgan fingerprint density at radius 2 is 1.47 bits per heavy atom. The fourth-order valence-electron chi connectivity index (χ4n) is 2.91. The van der Waals surface area contributed by atoms with Crippen molar-refractivity contribution in [2.24, 2.45) is 0 Å². The van der Waals surface area contributed by atoms with Gasteiger partial charge in [0.15, 0.2) is 0 Å². The third-order valence-electron chi connectivity index (χ3n) is 4.98. The highest BCUT2D eigenvalue weighted by Crippen LogP contribution is 2.42. The summed E-state index contributed by atoms with van der Waals surface area (Å²) in [5.41, 5.74) is 0. The SMILES string of the molecule is CCCCCC=CCC=CCCCCCCCC(=O)OC=CCOP(=O)(O)OCC[N+](C)(C)C. The Morgan fingerprint density at radius 1 is 0.853 bits per heavy atom. The molecule has 1 N–H and O–H groups in total. The van der Waals surface area contributed by atoms with E-state index in [4.69, 9.17) is 13.8 Å². The zero-order valence-corrected chi connectivity index (χ0v) is 22.8. The molecule has 7 nitrogen and oxygen atoms in total. The molecule has 0 amide bonds. The summed E-state index contributed by atoms with van der Waals surface area (Å²) < 4.78 is 27.0. The predicted molar refractivity (Wildman–Crippen MR) is 139 cm³/mol. The molecule has 0 radical (unpaired) electrons. The van der Waals surface area contributed by atoms with Crippen LogP contribution in [0.15, 0.2) is 36.6 Å². The van der Waals surface area contributed by atoms with Crippen LogP contribution in [-0.4, -0.2) is 56.2 Å². The van der Waals surface area contributed by atoms with Gasteiger partial charge in [0.2, 0.25) is 0 Å². The lowest BCUT2D eigenvalue weighted by Crippen LogP contribution is -2.37. The van der Waals surface area contributed by atoms with Crippen LogP contribution >= 0.6 is 7.82 Å². The number of ether oxygens (including phenoxy) is 1. The molecule has 0 rings (SSSR count). The van der Waals surface area contributed by atoms with E-state index in [0.717, 1.165) is 32.1 Å². The standard InChI is InChI=1S/C26H48NO6P/c1-5-6-7-8-9-10-11-12-13-14-15-16-17-18-19-21-26(28)31-23-20-24-32-34(29,30)33-25-22-27(2,3)4/h9-10,12-13,20,23H,5-8,11,14-19,21-22,24-25H2,1-4H3/p+1. The first-order valence-electron chi connectivity index (χ1n) is 12.7. The van der Waals surface area contributed by atoms with Gasteiger partial charge >= 0.3 is 13.8 Å². The summed E-state index contributed by atoms with van der Waals surface area (Å²) in [4.78, 5) is 21.3. The summed E-state index contributed by atoms with van der Waals surface area (Å²) >= 11 is 0. The fourth-order valence-corrected chi connectivity index (χ4v) is 3.57. The summed E-state index contributed by atoms with van der Waals surface area (Å²) in [6.45, 7) is 2.75. The van der Waals surface area contributed by atoms with Crippen LogP contribution in [0.25, 0.3) is 0 Å². The molecule has 0 saturated carbocycles. The minimum absolute atomic E-state index is 0.115. The third kappa shape index (κ3) is 25.4. The number of esters is 1. The summed E-state index contributed by atoms with van der Waals surface area (Å²) in [7, 11) is 1.77. The normalized spacial score (nSPS) is 14.4. The van der Waals surface area contributed by atoms with Crippen LogP contribution in [0.5, 0.6) is 0 Å². The number of quaternary nitrogens is 1. The average molecular weight is 503 g/mol. The van der Waals surface area contributed by atoms with E-state index in [9.17, 15) is 14.3 Å². The minimum Gasteiger partial charge on any atom is -0.435 e. The third-order valence-corrected chi connectivity index (χ3v) is 5.96. The molecule has 0 aliphatic heterocycles. The van der Waals surface area contributed by atoms with Crippen molar-refractivity contribution in [1.29, 1.82) is 0 Å². The van der Waals surface area contributed by atoms with Crippen LogP contribution in [0.1, 0.15) is 84.0 Å². The van der Waals surface area contributed by atoms with Crippen LogP contribution in [0.2, 0.25) is 0 Å². The number of nitrogens with zero attached hydrogens (tertiary/aromatic N) is 1. The number of likely N-dealkylation sites (N-methyl/N-ethyl adjacent to an activating group) is 1. The lowest BCUT2D eigenvalue weighted by molar-refractivity contribution is -0.870. The van der Waals surface area contributed by atoms with Gasteiger partial charge in [0, 0.05) is 6.42 Å². The summed E-state index contributed by atoms with van der Waals surface area (Å²) in [6, 6.07) is 0. The summed E-state index contributed by atoms with van der Waals surface area (Å²) in [5, 5.41) is 0. The smallest absolute Gasteiger partial charge is 0.435 e. The summed E-state index contributed by atoms with van der Waals surface area (Å²) in [5.74, 6) is -0.312. The number of allylic oxidation sites excluding steroid dienone is 4. The molecule has 0 saturated heterocycles. The van der Waals surface area contributed by atoms with Gasteiger partial charge in [-0.15, -0.1) is 0 Å². The number of phosphoric acid groups is 1. The first kappa shape index (κ1) is 32.8. The number of hydrogen-bond donors (Lipinski definition) is 1. The Kier molecular flexibility index (Phi) is 20.3. The van der Waals surface area contributed by atoms with E-state index in [1.54, 1.807) is 0 Å². The Balaban J connectivity index is 3.59. The zero-order chi connectivity index (χ0) is 25.5. The molecule has 0 spiro atoms. The van der Waals surface area contributed by atoms with E-state index in [2.05, 4.69) is 31.2 Å². The Labute approximate surface area is 208 Å². The summed E-state index contributed by atoms with van der Waals surface area (Å²) in [6.07, 6.45) is 24.5. The number of carbonyl (C=O) groups is 1. The van der Waals surface area contributed by atoms with Crippen molar-refractivity contribution in [3.8, 4) is 0 Å². The van der Waals surface area contributed by atoms with Crippen LogP contribution in [0, 0.1) is 0 Å². The van der Waals surface area contributed by atoms with E-state index in [1.807, 2.05) is 21.1 Å². The van der Waals surface area contributed by atoms with E-state index in [-0.39, 0.29) is 19.2 Å². The van der Waals surface area contributed by atoms with Crippen LogP contribution < -0.4 is 0 Å². The number of hydrogen-bond acceptors (Lipinski definition) is 5. The monoisotopic (exact) mass is 502 g/mol. The maximum atomic E-state index is 11.7. The topological polar surface area (TPSA) is 82.1 Å². The second-order valence-corrected chi connectivity index (χ2v) is 10.9. The molecule has 0 aliphatic carbocycles. The molecule has 0 heterocycles. The average Bonchev–Trinajstić information content (AvgIpc) is 2.75. The molecule has 0 aromatic carbocycles. The molecule has 34 heavy (non-hydrogen) atoms. The number of phosphoric ester groups is 1. The molecule has 0 aliphatic rings. The molecular formula is C26H49NO6P+. The van der Waals surface area contributed by atoms with Gasteiger partial charge in [0.25, 0.3) is 0 Å². The molecule has 0 aromatic rings. The number of unbranched alkanes of at least 4 members (excludes halogenated alkanes) is 8. The highest BCUT2D eigenvalue weighted by molar-refractivity contribution is 7.47. The maximum Gasteiger partial charge on any atom is 0.472 e. The van der Waals surface area contributed by atoms with Gasteiger partial charge in [-0.2, -0.15) is 0 Å². The van der Waals surface area contributed by atoms with Crippen molar-refractivity contribution in [2.45, 2.75) is 84.0 Å². The van der Waals surface area contributed by atoms with Gasteiger partial charge in [-0.3, -0.25) is 13.8 Å². The fraction of sp³-hybridized carbons (Fsp3) is 0.731. The zero-order valence-electron chi connectivity index (χ0n) is 22.0. The first-order chi connectivity index (χ1) is 16.2.